The largest absolute Gasteiger partial charge is 0.313 e. The van der Waals surface area contributed by atoms with Crippen LogP contribution in [-0.2, 0) is 6.42 Å². The van der Waals surface area contributed by atoms with E-state index in [-0.39, 0.29) is 0 Å². The first kappa shape index (κ1) is 11.4. The molecule has 1 fully saturated rings. The smallest absolute Gasteiger partial charge is 0.137 e. The van der Waals surface area contributed by atoms with E-state index in [4.69, 9.17) is 0 Å². The molecule has 0 amide bonds. The zero-order chi connectivity index (χ0) is 12.2. The number of aromatic nitrogens is 3. The highest BCUT2D eigenvalue weighted by atomic mass is 15.2. The lowest BCUT2D eigenvalue weighted by molar-refractivity contribution is 0.292. The van der Waals surface area contributed by atoms with Crippen molar-refractivity contribution in [3.8, 4) is 0 Å². The Balaban J connectivity index is 1.38. The van der Waals surface area contributed by atoms with Gasteiger partial charge in [-0.15, -0.1) is 0 Å². The summed E-state index contributed by atoms with van der Waals surface area (Å²) in [6.07, 6.45) is 4.98. The molecule has 1 heterocycles. The zero-order valence-corrected chi connectivity index (χ0v) is 10.3. The lowest BCUT2D eigenvalue weighted by Crippen LogP contribution is -2.41. The van der Waals surface area contributed by atoms with Crippen molar-refractivity contribution in [2.45, 2.75) is 31.2 Å². The van der Waals surface area contributed by atoms with Gasteiger partial charge in [0.25, 0.3) is 0 Å². The minimum atomic E-state index is 0.665. The predicted octanol–water partition coefficient (Wildman–Crippen LogP) is 1.88. The minimum Gasteiger partial charge on any atom is -0.313 e. The number of nitrogens with one attached hydrogen (secondary N) is 2. The van der Waals surface area contributed by atoms with E-state index in [9.17, 15) is 0 Å². The van der Waals surface area contributed by atoms with E-state index in [2.05, 4.69) is 50.8 Å². The van der Waals surface area contributed by atoms with Gasteiger partial charge in [0.2, 0.25) is 0 Å². The number of benzene rings is 1. The topological polar surface area (TPSA) is 53.6 Å². The van der Waals surface area contributed by atoms with Crippen LogP contribution in [0.5, 0.6) is 0 Å². The molecule has 2 aromatic rings. The van der Waals surface area contributed by atoms with Gasteiger partial charge in [0, 0.05) is 19.0 Å². The Morgan fingerprint density at radius 1 is 1.22 bits per heavy atom. The Bertz CT molecular complexity index is 460. The van der Waals surface area contributed by atoms with Gasteiger partial charge in [0.1, 0.15) is 12.2 Å². The zero-order valence-electron chi connectivity index (χ0n) is 10.3. The van der Waals surface area contributed by atoms with Crippen molar-refractivity contribution in [2.24, 2.45) is 0 Å². The summed E-state index contributed by atoms with van der Waals surface area (Å²) in [5, 5.41) is 10.3. The number of nitrogens with zero attached hydrogens (tertiary/aromatic N) is 2. The van der Waals surface area contributed by atoms with E-state index in [1.807, 2.05) is 0 Å². The molecule has 0 bridgehead atoms. The fourth-order valence-corrected chi connectivity index (χ4v) is 2.53. The Labute approximate surface area is 107 Å². The van der Waals surface area contributed by atoms with Crippen LogP contribution in [0, 0.1) is 0 Å². The SMILES string of the molecule is c1ccc(C2CC(NCCc3ncn[nH]3)C2)cc1. The molecule has 0 spiro atoms. The number of aromatic amines is 1. The Morgan fingerprint density at radius 3 is 2.78 bits per heavy atom. The predicted molar refractivity (Wildman–Crippen MR) is 70.3 cm³/mol. The summed E-state index contributed by atoms with van der Waals surface area (Å²) in [7, 11) is 0. The molecule has 1 aliphatic rings. The van der Waals surface area contributed by atoms with Crippen LogP contribution in [0.2, 0.25) is 0 Å². The summed E-state index contributed by atoms with van der Waals surface area (Å²) in [4.78, 5) is 4.11. The van der Waals surface area contributed by atoms with Crippen LogP contribution in [0.3, 0.4) is 0 Å². The maximum absolute atomic E-state index is 4.11. The summed E-state index contributed by atoms with van der Waals surface area (Å²) in [6.45, 7) is 0.974. The van der Waals surface area contributed by atoms with Gasteiger partial charge in [-0.05, 0) is 24.3 Å². The first-order valence-electron chi connectivity index (χ1n) is 6.54. The van der Waals surface area contributed by atoms with Crippen molar-refractivity contribution in [3.63, 3.8) is 0 Å². The van der Waals surface area contributed by atoms with Gasteiger partial charge in [-0.25, -0.2) is 4.98 Å². The molecule has 0 aliphatic heterocycles. The van der Waals surface area contributed by atoms with Crippen LogP contribution < -0.4 is 5.32 Å². The normalized spacial score (nSPS) is 22.7. The molecule has 4 nitrogen and oxygen atoms in total. The van der Waals surface area contributed by atoms with Gasteiger partial charge in [-0.3, -0.25) is 5.10 Å². The molecule has 0 saturated heterocycles. The molecule has 4 heteroatoms. The molecular formula is C14H18N4. The Kier molecular flexibility index (Phi) is 3.37. The number of rotatable bonds is 5. The first-order chi connectivity index (χ1) is 8.92. The third-order valence-corrected chi connectivity index (χ3v) is 3.67. The fraction of sp³-hybridized carbons (Fsp3) is 0.429. The van der Waals surface area contributed by atoms with Crippen LogP contribution in [0.4, 0.5) is 0 Å². The van der Waals surface area contributed by atoms with E-state index in [1.54, 1.807) is 6.33 Å². The molecule has 1 aliphatic carbocycles. The second kappa shape index (κ2) is 5.31. The Hall–Kier alpha value is -1.68. The van der Waals surface area contributed by atoms with E-state index in [0.717, 1.165) is 24.7 Å². The van der Waals surface area contributed by atoms with E-state index in [1.165, 1.54) is 18.4 Å². The molecule has 2 N–H and O–H groups in total. The molecule has 3 rings (SSSR count). The summed E-state index contributed by atoms with van der Waals surface area (Å²) in [6, 6.07) is 11.5. The highest BCUT2D eigenvalue weighted by Crippen LogP contribution is 2.36. The van der Waals surface area contributed by atoms with Gasteiger partial charge >= 0.3 is 0 Å². The van der Waals surface area contributed by atoms with Gasteiger partial charge < -0.3 is 5.32 Å². The van der Waals surface area contributed by atoms with Crippen molar-refractivity contribution in [2.75, 3.05) is 6.54 Å². The van der Waals surface area contributed by atoms with Crippen LogP contribution in [0.15, 0.2) is 36.7 Å². The average Bonchev–Trinajstić information content (AvgIpc) is 2.86. The highest BCUT2D eigenvalue weighted by molar-refractivity contribution is 5.22. The number of hydrogen-bond donors (Lipinski definition) is 2. The van der Waals surface area contributed by atoms with Gasteiger partial charge in [0.05, 0.1) is 0 Å². The van der Waals surface area contributed by atoms with Crippen molar-refractivity contribution in [1.29, 1.82) is 0 Å². The lowest BCUT2D eigenvalue weighted by Gasteiger charge is -2.36. The van der Waals surface area contributed by atoms with Crippen LogP contribution in [0.1, 0.15) is 30.1 Å². The maximum Gasteiger partial charge on any atom is 0.137 e. The van der Waals surface area contributed by atoms with Gasteiger partial charge in [-0.1, -0.05) is 30.3 Å². The molecule has 94 valence electrons. The summed E-state index contributed by atoms with van der Waals surface area (Å²) < 4.78 is 0. The number of H-pyrrole nitrogens is 1. The van der Waals surface area contributed by atoms with Crippen molar-refractivity contribution < 1.29 is 0 Å². The van der Waals surface area contributed by atoms with E-state index in [0.29, 0.717) is 6.04 Å². The first-order valence-corrected chi connectivity index (χ1v) is 6.54. The van der Waals surface area contributed by atoms with Crippen LogP contribution in [0.25, 0.3) is 0 Å². The molecule has 18 heavy (non-hydrogen) atoms. The monoisotopic (exact) mass is 242 g/mol. The summed E-state index contributed by atoms with van der Waals surface area (Å²) in [5.41, 5.74) is 1.48. The highest BCUT2D eigenvalue weighted by Gasteiger charge is 2.29. The van der Waals surface area contributed by atoms with Crippen molar-refractivity contribution in [1.82, 2.24) is 20.5 Å². The second-order valence-electron chi connectivity index (χ2n) is 4.91. The van der Waals surface area contributed by atoms with Crippen LogP contribution in [-0.4, -0.2) is 27.8 Å². The Morgan fingerprint density at radius 2 is 2.06 bits per heavy atom. The second-order valence-corrected chi connectivity index (χ2v) is 4.91. The maximum atomic E-state index is 4.11. The summed E-state index contributed by atoms with van der Waals surface area (Å²) >= 11 is 0. The van der Waals surface area contributed by atoms with Crippen molar-refractivity contribution >= 4 is 0 Å². The quantitative estimate of drug-likeness (QED) is 0.841. The molecule has 0 unspecified atom stereocenters. The number of hydrogen-bond acceptors (Lipinski definition) is 3. The molecular weight excluding hydrogens is 224 g/mol. The van der Waals surface area contributed by atoms with Gasteiger partial charge in [0.15, 0.2) is 0 Å². The van der Waals surface area contributed by atoms with Gasteiger partial charge in [-0.2, -0.15) is 5.10 Å². The van der Waals surface area contributed by atoms with Crippen LogP contribution >= 0.6 is 0 Å². The molecule has 0 atom stereocenters. The third kappa shape index (κ3) is 2.59. The fourth-order valence-electron chi connectivity index (χ4n) is 2.53. The summed E-state index contributed by atoms with van der Waals surface area (Å²) in [5.74, 6) is 1.70. The molecule has 1 aromatic heterocycles. The van der Waals surface area contributed by atoms with E-state index < -0.39 is 0 Å². The minimum absolute atomic E-state index is 0.665. The standard InChI is InChI=1S/C14H18N4/c1-2-4-11(5-3-1)12-8-13(9-12)15-7-6-14-16-10-17-18-14/h1-5,10,12-13,15H,6-9H2,(H,16,17,18). The van der Waals surface area contributed by atoms with Crippen molar-refractivity contribution in [3.05, 3.63) is 48.0 Å². The molecule has 0 radical (unpaired) electrons. The average molecular weight is 242 g/mol. The third-order valence-electron chi connectivity index (χ3n) is 3.67. The molecule has 1 saturated carbocycles. The molecule has 1 aromatic carbocycles. The van der Waals surface area contributed by atoms with E-state index >= 15 is 0 Å². The lowest BCUT2D eigenvalue weighted by atomic mass is 9.76.